The molecule has 0 aromatic heterocycles. The van der Waals surface area contributed by atoms with Crippen molar-refractivity contribution in [3.05, 3.63) is 59.7 Å². The number of aryl methyl sites for hydroxylation is 1. The van der Waals surface area contributed by atoms with Crippen LogP contribution in [0.4, 0.5) is 5.69 Å². The second kappa shape index (κ2) is 8.53. The van der Waals surface area contributed by atoms with Gasteiger partial charge in [0.25, 0.3) is 10.0 Å². The van der Waals surface area contributed by atoms with Gasteiger partial charge in [0.05, 0.1) is 30.2 Å². The first-order chi connectivity index (χ1) is 12.8. The maximum atomic E-state index is 13.4. The van der Waals surface area contributed by atoms with Crippen LogP contribution in [-0.4, -0.2) is 43.9 Å². The third kappa shape index (κ3) is 3.49. The SMILES string of the molecule is CC[N+](CC)(CC)C1c2ccccc2N(S(=O)(=O)c2ccc(C)cc2)C1O.[Br-]. The highest BCUT2D eigenvalue weighted by atomic mass is 79.9. The largest absolute Gasteiger partial charge is 1.00 e. The summed E-state index contributed by atoms with van der Waals surface area (Å²) in [7, 11) is -3.86. The van der Waals surface area contributed by atoms with Gasteiger partial charge in [-0.2, -0.15) is 0 Å². The van der Waals surface area contributed by atoms with Gasteiger partial charge in [0.15, 0.2) is 12.3 Å². The van der Waals surface area contributed by atoms with Gasteiger partial charge in [-0.3, -0.25) is 0 Å². The second-order valence-corrected chi connectivity index (χ2v) is 9.01. The number of likely N-dealkylation sites (N-methyl/N-ethyl adjacent to an activating group) is 1. The molecule has 0 bridgehead atoms. The van der Waals surface area contributed by atoms with Crippen LogP contribution in [0.1, 0.15) is 37.9 Å². The van der Waals surface area contributed by atoms with Crippen molar-refractivity contribution >= 4 is 15.7 Å². The van der Waals surface area contributed by atoms with E-state index in [1.807, 2.05) is 25.1 Å². The number of nitrogens with zero attached hydrogens (tertiary/aromatic N) is 2. The number of rotatable bonds is 6. The Labute approximate surface area is 179 Å². The van der Waals surface area contributed by atoms with E-state index in [0.717, 1.165) is 30.8 Å². The third-order valence-corrected chi connectivity index (χ3v) is 7.87. The highest BCUT2D eigenvalue weighted by Gasteiger charge is 2.52. The number of halogens is 1. The Morgan fingerprint density at radius 3 is 2.04 bits per heavy atom. The number of fused-ring (bicyclic) bond motifs is 1. The summed E-state index contributed by atoms with van der Waals surface area (Å²) in [5.41, 5.74) is 2.47. The molecule has 0 saturated heterocycles. The number of para-hydroxylation sites is 1. The molecule has 5 nitrogen and oxygen atoms in total. The molecule has 0 saturated carbocycles. The summed E-state index contributed by atoms with van der Waals surface area (Å²) in [5, 5.41) is 11.3. The fourth-order valence-electron chi connectivity index (χ4n) is 4.30. The first-order valence-corrected chi connectivity index (χ1v) is 11.0. The molecule has 1 heterocycles. The fourth-order valence-corrected chi connectivity index (χ4v) is 5.84. The zero-order chi connectivity index (χ0) is 19.8. The molecule has 2 aromatic rings. The lowest BCUT2D eigenvalue weighted by Crippen LogP contribution is -3.00. The summed E-state index contributed by atoms with van der Waals surface area (Å²) in [5.74, 6) is 0. The Morgan fingerprint density at radius 2 is 1.50 bits per heavy atom. The number of sulfonamides is 1. The van der Waals surface area contributed by atoms with E-state index in [1.165, 1.54) is 4.31 Å². The first kappa shape index (κ1) is 22.9. The summed E-state index contributed by atoms with van der Waals surface area (Å²) in [6.45, 7) is 10.7. The number of hydrogen-bond acceptors (Lipinski definition) is 3. The molecule has 1 aliphatic heterocycles. The predicted molar refractivity (Wildman–Crippen MR) is 108 cm³/mol. The van der Waals surface area contributed by atoms with E-state index in [9.17, 15) is 13.5 Å². The Kier molecular flexibility index (Phi) is 6.97. The van der Waals surface area contributed by atoms with Crippen LogP contribution in [0.25, 0.3) is 0 Å². The summed E-state index contributed by atoms with van der Waals surface area (Å²) in [6, 6.07) is 13.9. The minimum atomic E-state index is -3.86. The molecule has 1 N–H and O–H groups in total. The Bertz CT molecular complexity index is 903. The molecule has 1 aliphatic rings. The van der Waals surface area contributed by atoms with Crippen LogP contribution in [0.15, 0.2) is 53.4 Å². The third-order valence-electron chi connectivity index (χ3n) is 6.07. The van der Waals surface area contributed by atoms with Crippen LogP contribution in [0, 0.1) is 6.92 Å². The molecular formula is C21H29BrN2O3S. The van der Waals surface area contributed by atoms with Crippen molar-refractivity contribution in [1.29, 1.82) is 0 Å². The Morgan fingerprint density at radius 1 is 0.964 bits per heavy atom. The lowest BCUT2D eigenvalue weighted by molar-refractivity contribution is -0.955. The minimum absolute atomic E-state index is 0. The molecule has 0 amide bonds. The summed E-state index contributed by atoms with van der Waals surface area (Å²) in [6.07, 6.45) is -1.13. The van der Waals surface area contributed by atoms with E-state index < -0.39 is 16.3 Å². The molecule has 0 aliphatic carbocycles. The van der Waals surface area contributed by atoms with Gasteiger partial charge in [0.2, 0.25) is 0 Å². The molecule has 0 fully saturated rings. The number of quaternary nitrogens is 1. The molecule has 2 aromatic carbocycles. The zero-order valence-corrected chi connectivity index (χ0v) is 19.2. The van der Waals surface area contributed by atoms with Crippen LogP contribution in [0.3, 0.4) is 0 Å². The van der Waals surface area contributed by atoms with Crippen LogP contribution in [-0.2, 0) is 10.0 Å². The van der Waals surface area contributed by atoms with Crippen LogP contribution in [0.2, 0.25) is 0 Å². The van der Waals surface area contributed by atoms with Crippen LogP contribution in [0.5, 0.6) is 0 Å². The van der Waals surface area contributed by atoms with Gasteiger partial charge in [0, 0.05) is 5.56 Å². The Balaban J connectivity index is 0.00000280. The fraction of sp³-hybridized carbons (Fsp3) is 0.429. The summed E-state index contributed by atoms with van der Waals surface area (Å²) < 4.78 is 28.7. The van der Waals surface area contributed by atoms with Gasteiger partial charge in [-0.25, -0.2) is 12.7 Å². The number of benzene rings is 2. The van der Waals surface area contributed by atoms with E-state index in [4.69, 9.17) is 0 Å². The lowest BCUT2D eigenvalue weighted by atomic mass is 10.0. The number of aliphatic hydroxyl groups excluding tert-OH is 1. The molecular weight excluding hydrogens is 440 g/mol. The molecule has 2 unspecified atom stereocenters. The highest BCUT2D eigenvalue weighted by Crippen LogP contribution is 2.47. The second-order valence-electron chi connectivity index (χ2n) is 7.20. The molecule has 154 valence electrons. The first-order valence-electron chi connectivity index (χ1n) is 9.56. The van der Waals surface area contributed by atoms with Crippen LogP contribution < -0.4 is 21.3 Å². The molecule has 0 spiro atoms. The normalized spacial score (nSPS) is 19.2. The molecule has 28 heavy (non-hydrogen) atoms. The minimum Gasteiger partial charge on any atom is -1.00 e. The average Bonchev–Trinajstić information content (AvgIpc) is 2.97. The monoisotopic (exact) mass is 468 g/mol. The summed E-state index contributed by atoms with van der Waals surface area (Å²) >= 11 is 0. The van der Waals surface area contributed by atoms with Crippen molar-refractivity contribution in [2.24, 2.45) is 0 Å². The van der Waals surface area contributed by atoms with Gasteiger partial charge in [-0.05, 0) is 45.9 Å². The Hall–Kier alpha value is -1.41. The van der Waals surface area contributed by atoms with Gasteiger partial charge >= 0.3 is 0 Å². The van der Waals surface area contributed by atoms with E-state index in [1.54, 1.807) is 30.3 Å². The van der Waals surface area contributed by atoms with E-state index in [-0.39, 0.29) is 27.9 Å². The van der Waals surface area contributed by atoms with Crippen LogP contribution >= 0.6 is 0 Å². The zero-order valence-electron chi connectivity index (χ0n) is 16.8. The van der Waals surface area contributed by atoms with E-state index in [0.29, 0.717) is 10.2 Å². The number of aliphatic hydroxyl groups is 1. The maximum absolute atomic E-state index is 13.4. The highest BCUT2D eigenvalue weighted by molar-refractivity contribution is 7.92. The topological polar surface area (TPSA) is 57.6 Å². The average molecular weight is 469 g/mol. The quantitative estimate of drug-likeness (QED) is 0.625. The van der Waals surface area contributed by atoms with Crippen molar-refractivity contribution in [2.45, 2.75) is 44.9 Å². The smallest absolute Gasteiger partial charge is 0.266 e. The molecule has 0 radical (unpaired) electrons. The van der Waals surface area contributed by atoms with Gasteiger partial charge in [0.1, 0.15) is 0 Å². The van der Waals surface area contributed by atoms with E-state index >= 15 is 0 Å². The van der Waals surface area contributed by atoms with Crippen molar-refractivity contribution in [1.82, 2.24) is 0 Å². The number of anilines is 1. The van der Waals surface area contributed by atoms with Gasteiger partial charge in [-0.1, -0.05) is 35.9 Å². The molecule has 2 atom stereocenters. The van der Waals surface area contributed by atoms with Crippen molar-refractivity contribution in [3.63, 3.8) is 0 Å². The number of hydrogen-bond donors (Lipinski definition) is 1. The molecule has 3 rings (SSSR count). The molecule has 7 heteroatoms. The predicted octanol–water partition coefficient (Wildman–Crippen LogP) is 0.444. The van der Waals surface area contributed by atoms with Gasteiger partial charge < -0.3 is 26.6 Å². The van der Waals surface area contributed by atoms with Gasteiger partial charge in [-0.15, -0.1) is 0 Å². The maximum Gasteiger partial charge on any atom is 0.266 e. The van der Waals surface area contributed by atoms with Crippen molar-refractivity contribution in [2.75, 3.05) is 23.9 Å². The summed E-state index contributed by atoms with van der Waals surface area (Å²) in [4.78, 5) is 0.199. The van der Waals surface area contributed by atoms with Crippen molar-refractivity contribution < 1.29 is 35.0 Å². The standard InChI is InChI=1S/C21H29N2O3S.BrH/c1-5-23(6-2,7-3)20-18-10-8-9-11-19(18)22(21(20)24)27(25,26)17-14-12-16(4)13-15-17;/h8-15,20-21,24H,5-7H2,1-4H3;1H/q+1;/p-1. The van der Waals surface area contributed by atoms with Crippen molar-refractivity contribution in [3.8, 4) is 0 Å². The lowest BCUT2D eigenvalue weighted by Gasteiger charge is -2.43. The van der Waals surface area contributed by atoms with E-state index in [2.05, 4.69) is 20.8 Å².